The summed E-state index contributed by atoms with van der Waals surface area (Å²) in [6.45, 7) is 10.9. The molecule has 21 heavy (non-hydrogen) atoms. The summed E-state index contributed by atoms with van der Waals surface area (Å²) in [5.74, 6) is -0.177. The molecule has 6 heteroatoms. The third kappa shape index (κ3) is 8.02. The van der Waals surface area contributed by atoms with Gasteiger partial charge in [-0.25, -0.2) is 10.1 Å². The zero-order valence-corrected chi connectivity index (χ0v) is 14.0. The minimum absolute atomic E-state index is 0.0268. The summed E-state index contributed by atoms with van der Waals surface area (Å²) in [4.78, 5) is 23.0. The second kappa shape index (κ2) is 10.6. The van der Waals surface area contributed by atoms with E-state index < -0.39 is 5.92 Å². The number of hydrogen-bond acceptors (Lipinski definition) is 4. The Balaban J connectivity index is 4.75. The summed E-state index contributed by atoms with van der Waals surface area (Å²) in [7, 11) is 0. The van der Waals surface area contributed by atoms with E-state index in [9.17, 15) is 14.8 Å². The van der Waals surface area contributed by atoms with Crippen molar-refractivity contribution < 1.29 is 14.8 Å². The molecular weight excluding hydrogens is 270 g/mol. The van der Waals surface area contributed by atoms with E-state index in [1.54, 1.807) is 0 Å². The standard InChI is InChI=1S/C15H31N3O3/c1-6-8-13(5)9-14(10-17(21)11-19)15(20)16-18(7-2)12(3)4/h11-14,21H,6-10H2,1-5H3,(H,16,20). The Hall–Kier alpha value is -1.14. The largest absolute Gasteiger partial charge is 0.288 e. The summed E-state index contributed by atoms with van der Waals surface area (Å²) in [6.07, 6.45) is 3.07. The molecule has 0 aliphatic carbocycles. The predicted octanol–water partition coefficient (Wildman–Crippen LogP) is 2.04. The van der Waals surface area contributed by atoms with Crippen LogP contribution in [0.25, 0.3) is 0 Å². The number of nitrogens with zero attached hydrogens (tertiary/aromatic N) is 2. The second-order valence-corrected chi connectivity index (χ2v) is 5.91. The zero-order chi connectivity index (χ0) is 16.4. The van der Waals surface area contributed by atoms with Crippen LogP contribution in [0.5, 0.6) is 0 Å². The summed E-state index contributed by atoms with van der Waals surface area (Å²) < 4.78 is 0. The molecule has 2 amide bonds. The van der Waals surface area contributed by atoms with Gasteiger partial charge in [-0.05, 0) is 26.2 Å². The molecule has 0 spiro atoms. The fourth-order valence-electron chi connectivity index (χ4n) is 2.44. The van der Waals surface area contributed by atoms with Gasteiger partial charge in [0.1, 0.15) is 0 Å². The van der Waals surface area contributed by atoms with Crippen LogP contribution in [0, 0.1) is 11.8 Å². The van der Waals surface area contributed by atoms with Crippen LogP contribution < -0.4 is 5.43 Å². The van der Waals surface area contributed by atoms with Crippen LogP contribution in [-0.4, -0.2) is 46.7 Å². The highest BCUT2D eigenvalue weighted by Crippen LogP contribution is 2.18. The number of hydroxylamine groups is 2. The molecule has 2 N–H and O–H groups in total. The number of carbonyl (C=O) groups excluding carboxylic acids is 2. The number of carbonyl (C=O) groups is 2. The molecular formula is C15H31N3O3. The van der Waals surface area contributed by atoms with Gasteiger partial charge in [-0.2, -0.15) is 0 Å². The first-order chi connectivity index (χ1) is 9.85. The highest BCUT2D eigenvalue weighted by Gasteiger charge is 2.25. The highest BCUT2D eigenvalue weighted by molar-refractivity contribution is 5.78. The van der Waals surface area contributed by atoms with Crippen LogP contribution in [0.3, 0.4) is 0 Å². The molecule has 0 fully saturated rings. The number of nitrogens with one attached hydrogen (secondary N) is 1. The Morgan fingerprint density at radius 1 is 1.29 bits per heavy atom. The molecule has 124 valence electrons. The van der Waals surface area contributed by atoms with Gasteiger partial charge >= 0.3 is 0 Å². The average molecular weight is 301 g/mol. The smallest absolute Gasteiger partial charge is 0.239 e. The highest BCUT2D eigenvalue weighted by atomic mass is 16.5. The first-order valence-electron chi connectivity index (χ1n) is 7.83. The van der Waals surface area contributed by atoms with Gasteiger partial charge in [0.05, 0.1) is 12.5 Å². The van der Waals surface area contributed by atoms with Crippen molar-refractivity contribution in [3.05, 3.63) is 0 Å². The van der Waals surface area contributed by atoms with Crippen LogP contribution in [-0.2, 0) is 9.59 Å². The number of hydrogen-bond donors (Lipinski definition) is 2. The maximum atomic E-state index is 12.4. The predicted molar refractivity (Wildman–Crippen MR) is 82.4 cm³/mol. The monoisotopic (exact) mass is 301 g/mol. The maximum Gasteiger partial charge on any atom is 0.239 e. The Morgan fingerprint density at radius 2 is 1.90 bits per heavy atom. The van der Waals surface area contributed by atoms with Crippen molar-refractivity contribution >= 4 is 12.3 Å². The van der Waals surface area contributed by atoms with Crippen molar-refractivity contribution in [2.24, 2.45) is 11.8 Å². The molecule has 0 rings (SSSR count). The van der Waals surface area contributed by atoms with Crippen LogP contribution in [0.4, 0.5) is 0 Å². The molecule has 0 bridgehead atoms. The maximum absolute atomic E-state index is 12.4. The summed E-state index contributed by atoms with van der Waals surface area (Å²) in [6, 6.07) is 0.198. The summed E-state index contributed by atoms with van der Waals surface area (Å²) in [5, 5.41) is 11.8. The third-order valence-corrected chi connectivity index (χ3v) is 3.59. The Bertz CT molecular complexity index is 311. The molecule has 2 atom stereocenters. The molecule has 0 saturated carbocycles. The van der Waals surface area contributed by atoms with E-state index in [1.807, 2.05) is 25.8 Å². The van der Waals surface area contributed by atoms with Gasteiger partial charge in [0.2, 0.25) is 12.3 Å². The van der Waals surface area contributed by atoms with E-state index in [0.717, 1.165) is 12.8 Å². The van der Waals surface area contributed by atoms with Crippen molar-refractivity contribution in [3.8, 4) is 0 Å². The topological polar surface area (TPSA) is 72.9 Å². The molecule has 0 aliphatic rings. The quantitative estimate of drug-likeness (QED) is 0.348. The molecule has 0 saturated heterocycles. The lowest BCUT2D eigenvalue weighted by Crippen LogP contribution is -2.50. The molecule has 6 nitrogen and oxygen atoms in total. The molecule has 0 aromatic heterocycles. The lowest BCUT2D eigenvalue weighted by Gasteiger charge is -2.29. The molecule has 0 heterocycles. The van der Waals surface area contributed by atoms with Gasteiger partial charge in [0, 0.05) is 12.6 Å². The van der Waals surface area contributed by atoms with Crippen LogP contribution in [0.15, 0.2) is 0 Å². The molecule has 0 radical (unpaired) electrons. The third-order valence-electron chi connectivity index (χ3n) is 3.59. The summed E-state index contributed by atoms with van der Waals surface area (Å²) in [5.41, 5.74) is 2.88. The van der Waals surface area contributed by atoms with Gasteiger partial charge in [0.15, 0.2) is 0 Å². The Labute approximate surface area is 128 Å². The molecule has 0 aromatic carbocycles. The Morgan fingerprint density at radius 3 is 2.33 bits per heavy atom. The fraction of sp³-hybridized carbons (Fsp3) is 0.867. The van der Waals surface area contributed by atoms with E-state index in [1.165, 1.54) is 0 Å². The van der Waals surface area contributed by atoms with Crippen molar-refractivity contribution in [2.75, 3.05) is 13.1 Å². The van der Waals surface area contributed by atoms with E-state index in [4.69, 9.17) is 0 Å². The first kappa shape index (κ1) is 19.9. The van der Waals surface area contributed by atoms with E-state index >= 15 is 0 Å². The molecule has 2 unspecified atom stereocenters. The number of hydrazine groups is 1. The van der Waals surface area contributed by atoms with Crippen LogP contribution >= 0.6 is 0 Å². The minimum atomic E-state index is -0.408. The Kier molecular flexibility index (Phi) is 9.99. The zero-order valence-electron chi connectivity index (χ0n) is 14.0. The molecule has 0 aromatic rings. The SMILES string of the molecule is CCCC(C)CC(CN(O)C=O)C(=O)NN(CC)C(C)C. The van der Waals surface area contributed by atoms with Gasteiger partial charge in [-0.15, -0.1) is 0 Å². The van der Waals surface area contributed by atoms with Crippen molar-refractivity contribution in [1.29, 1.82) is 0 Å². The van der Waals surface area contributed by atoms with Crippen LogP contribution in [0.1, 0.15) is 53.9 Å². The van der Waals surface area contributed by atoms with E-state index in [2.05, 4.69) is 19.3 Å². The van der Waals surface area contributed by atoms with Crippen molar-refractivity contribution in [3.63, 3.8) is 0 Å². The second-order valence-electron chi connectivity index (χ2n) is 5.91. The summed E-state index contributed by atoms with van der Waals surface area (Å²) >= 11 is 0. The van der Waals surface area contributed by atoms with Crippen molar-refractivity contribution in [2.45, 2.75) is 59.9 Å². The van der Waals surface area contributed by atoms with Gasteiger partial charge in [0.25, 0.3) is 0 Å². The van der Waals surface area contributed by atoms with E-state index in [0.29, 0.717) is 30.4 Å². The van der Waals surface area contributed by atoms with Gasteiger partial charge in [-0.3, -0.25) is 20.2 Å². The lowest BCUT2D eigenvalue weighted by molar-refractivity contribution is -0.156. The van der Waals surface area contributed by atoms with Gasteiger partial charge < -0.3 is 0 Å². The number of amides is 2. The number of rotatable bonds is 11. The molecule has 0 aliphatic heterocycles. The fourth-order valence-corrected chi connectivity index (χ4v) is 2.44. The van der Waals surface area contributed by atoms with Crippen molar-refractivity contribution in [1.82, 2.24) is 15.5 Å². The minimum Gasteiger partial charge on any atom is -0.288 e. The van der Waals surface area contributed by atoms with Crippen LogP contribution in [0.2, 0.25) is 0 Å². The average Bonchev–Trinajstić information content (AvgIpc) is 2.43. The lowest BCUT2D eigenvalue weighted by atomic mass is 9.92. The first-order valence-corrected chi connectivity index (χ1v) is 7.83. The van der Waals surface area contributed by atoms with E-state index in [-0.39, 0.29) is 18.5 Å². The van der Waals surface area contributed by atoms with Gasteiger partial charge in [-0.1, -0.05) is 33.6 Å². The normalized spacial score (nSPS) is 14.1.